The molecule has 0 saturated carbocycles. The summed E-state index contributed by atoms with van der Waals surface area (Å²) in [5, 5.41) is 0. The zero-order valence-electron chi connectivity index (χ0n) is 24.2. The number of hydrogen-bond donors (Lipinski definition) is 1. The average Bonchev–Trinajstić information content (AvgIpc) is 3.32. The molecule has 0 bridgehead atoms. The van der Waals surface area contributed by atoms with Crippen molar-refractivity contribution in [3.63, 3.8) is 0 Å². The topological polar surface area (TPSA) is 137 Å². The van der Waals surface area contributed by atoms with Crippen molar-refractivity contribution >= 4 is 24.6 Å². The smallest absolute Gasteiger partial charge is 0.165 e. The number of nitrogens with zero attached hydrogens (tertiary/aromatic N) is 4. The molecule has 0 fully saturated rings. The van der Waals surface area contributed by atoms with Crippen molar-refractivity contribution < 1.29 is 23.5 Å². The van der Waals surface area contributed by atoms with Crippen LogP contribution in [0.15, 0.2) is 12.7 Å². The van der Waals surface area contributed by atoms with Gasteiger partial charge in [-0.3, -0.25) is 0 Å². The van der Waals surface area contributed by atoms with Gasteiger partial charge in [0.2, 0.25) is 0 Å². The van der Waals surface area contributed by atoms with Crippen LogP contribution in [0.2, 0.25) is 0 Å². The van der Waals surface area contributed by atoms with Gasteiger partial charge in [-0.1, -0.05) is 90.4 Å². The molecule has 2 N–H and O–H groups in total. The first kappa shape index (κ1) is 33.6. The number of imidazole rings is 1. The molecule has 39 heavy (non-hydrogen) atoms. The van der Waals surface area contributed by atoms with E-state index in [4.69, 9.17) is 19.7 Å². The van der Waals surface area contributed by atoms with Gasteiger partial charge in [0.05, 0.1) is 25.6 Å². The van der Waals surface area contributed by atoms with Gasteiger partial charge in [-0.25, -0.2) is 15.0 Å². The second-order valence-electron chi connectivity index (χ2n) is 10.4. The molecule has 2 aromatic heterocycles. The number of ether oxygens (including phenoxy) is 2. The van der Waals surface area contributed by atoms with Gasteiger partial charge >= 0.3 is 0 Å². The third-order valence-corrected chi connectivity index (χ3v) is 7.80. The zero-order valence-corrected chi connectivity index (χ0v) is 25.1. The second-order valence-corrected chi connectivity index (χ2v) is 12.2. The van der Waals surface area contributed by atoms with E-state index in [0.29, 0.717) is 43.2 Å². The Labute approximate surface area is 235 Å². The summed E-state index contributed by atoms with van der Waals surface area (Å²) in [6.07, 6.45) is 21.3. The zero-order chi connectivity index (χ0) is 28.2. The third-order valence-electron chi connectivity index (χ3n) is 6.76. The van der Waals surface area contributed by atoms with E-state index in [1.165, 1.54) is 89.8 Å². The minimum atomic E-state index is -4.08. The number of fused-ring (bicyclic) bond motifs is 1. The van der Waals surface area contributed by atoms with Crippen LogP contribution in [0.1, 0.15) is 110 Å². The lowest BCUT2D eigenvalue weighted by Gasteiger charge is -2.25. The van der Waals surface area contributed by atoms with Gasteiger partial charge in [0.15, 0.2) is 19.1 Å². The summed E-state index contributed by atoms with van der Waals surface area (Å²) in [5.74, 6) is 0.299. The maximum Gasteiger partial charge on any atom is 0.165 e. The summed E-state index contributed by atoms with van der Waals surface area (Å²) in [5.41, 5.74) is 6.88. The van der Waals surface area contributed by atoms with Gasteiger partial charge < -0.3 is 33.8 Å². The SMILES string of the molecule is CCCCCCCCCCCCCCCCOCCCOP(=O)([O-])CO[C@H](C)Cn1cnc2c(N)ncnc21. The Kier molecular flexibility index (Phi) is 17.5. The fourth-order valence-corrected chi connectivity index (χ4v) is 5.40. The maximum absolute atomic E-state index is 12.2. The molecule has 0 saturated heterocycles. The Balaban J connectivity index is 1.38. The van der Waals surface area contributed by atoms with Gasteiger partial charge in [-0.15, -0.1) is 0 Å². The van der Waals surface area contributed by atoms with Crippen LogP contribution in [0.5, 0.6) is 0 Å². The quantitative estimate of drug-likeness (QED) is 0.109. The van der Waals surface area contributed by atoms with Gasteiger partial charge in [0.25, 0.3) is 0 Å². The predicted octanol–water partition coefficient (Wildman–Crippen LogP) is 6.23. The number of rotatable bonds is 25. The molecule has 0 aliphatic heterocycles. The highest BCUT2D eigenvalue weighted by Gasteiger charge is 2.14. The number of nitrogens with two attached hydrogens (primary N) is 1. The average molecular weight is 569 g/mol. The normalized spacial score (nSPS) is 14.1. The molecule has 0 aliphatic rings. The summed E-state index contributed by atoms with van der Waals surface area (Å²) in [6, 6.07) is 0. The van der Waals surface area contributed by atoms with Crippen LogP contribution in [0, 0.1) is 0 Å². The summed E-state index contributed by atoms with van der Waals surface area (Å²) in [7, 11) is -4.08. The molecule has 0 aliphatic carbocycles. The molecule has 0 radical (unpaired) electrons. The van der Waals surface area contributed by atoms with Crippen molar-refractivity contribution in [2.75, 3.05) is 31.9 Å². The highest BCUT2D eigenvalue weighted by atomic mass is 31.2. The molecule has 1 unspecified atom stereocenters. The van der Waals surface area contributed by atoms with E-state index in [2.05, 4.69) is 21.9 Å². The van der Waals surface area contributed by atoms with Crippen LogP contribution in [0.3, 0.4) is 0 Å². The van der Waals surface area contributed by atoms with Gasteiger partial charge in [0.1, 0.15) is 18.2 Å². The molecular formula is C28H51N5O5P-. The highest BCUT2D eigenvalue weighted by molar-refractivity contribution is 7.51. The highest BCUT2D eigenvalue weighted by Crippen LogP contribution is 2.37. The van der Waals surface area contributed by atoms with Crippen LogP contribution in [-0.4, -0.2) is 51.8 Å². The van der Waals surface area contributed by atoms with Crippen LogP contribution in [-0.2, 0) is 25.1 Å². The molecule has 2 heterocycles. The lowest BCUT2D eigenvalue weighted by molar-refractivity contribution is -0.205. The maximum atomic E-state index is 12.2. The Morgan fingerprint density at radius 3 is 2.10 bits per heavy atom. The van der Waals surface area contributed by atoms with Crippen LogP contribution >= 0.6 is 7.60 Å². The van der Waals surface area contributed by atoms with E-state index in [0.717, 1.165) is 6.42 Å². The molecule has 224 valence electrons. The minimum Gasteiger partial charge on any atom is -0.777 e. The van der Waals surface area contributed by atoms with E-state index in [-0.39, 0.29) is 6.61 Å². The molecule has 0 aromatic carbocycles. The van der Waals surface area contributed by atoms with Gasteiger partial charge in [-0.05, 0) is 19.8 Å². The van der Waals surface area contributed by atoms with E-state index in [9.17, 15) is 9.46 Å². The van der Waals surface area contributed by atoms with Crippen LogP contribution in [0.4, 0.5) is 5.82 Å². The summed E-state index contributed by atoms with van der Waals surface area (Å²) in [6.45, 7) is 5.73. The summed E-state index contributed by atoms with van der Waals surface area (Å²) < 4.78 is 30.1. The van der Waals surface area contributed by atoms with Crippen molar-refractivity contribution in [1.82, 2.24) is 19.5 Å². The fourth-order valence-electron chi connectivity index (χ4n) is 4.48. The second kappa shape index (κ2) is 20.3. The largest absolute Gasteiger partial charge is 0.777 e. The minimum absolute atomic E-state index is 0.0968. The Bertz CT molecular complexity index is 944. The number of unbranched alkanes of at least 4 members (excludes halogenated alkanes) is 13. The first-order valence-corrected chi connectivity index (χ1v) is 16.7. The first-order chi connectivity index (χ1) is 18.9. The predicted molar refractivity (Wildman–Crippen MR) is 154 cm³/mol. The number of anilines is 1. The van der Waals surface area contributed by atoms with E-state index in [1.54, 1.807) is 17.8 Å². The summed E-state index contributed by atoms with van der Waals surface area (Å²) in [4.78, 5) is 24.4. The van der Waals surface area contributed by atoms with E-state index in [1.807, 2.05) is 0 Å². The van der Waals surface area contributed by atoms with E-state index >= 15 is 0 Å². The van der Waals surface area contributed by atoms with Crippen molar-refractivity contribution in [2.45, 2.75) is 123 Å². The third kappa shape index (κ3) is 15.1. The van der Waals surface area contributed by atoms with Crippen molar-refractivity contribution in [1.29, 1.82) is 0 Å². The van der Waals surface area contributed by atoms with Crippen molar-refractivity contribution in [3.8, 4) is 0 Å². The molecule has 2 rings (SSSR count). The first-order valence-electron chi connectivity index (χ1n) is 15.0. The monoisotopic (exact) mass is 568 g/mol. The standard InChI is InChI=1S/C28H52N5O5P/c1-3-4-5-6-7-8-9-10-11-12-13-14-15-16-18-36-19-17-20-38-39(34,35)24-37-25(2)21-33-23-32-26-27(29)30-22-31-28(26)33/h22-23,25H,3-21,24H2,1-2H3,(H,34,35)(H2,29,30,31)/p-1/t25-/m1/s1. The van der Waals surface area contributed by atoms with Crippen molar-refractivity contribution in [3.05, 3.63) is 12.7 Å². The number of aromatic nitrogens is 4. The lowest BCUT2D eigenvalue weighted by Crippen LogP contribution is -2.20. The Morgan fingerprint density at radius 2 is 1.46 bits per heavy atom. The molecule has 11 heteroatoms. The van der Waals surface area contributed by atoms with Gasteiger partial charge in [-0.2, -0.15) is 0 Å². The fraction of sp³-hybridized carbons (Fsp3) is 0.821. The number of hydrogen-bond acceptors (Lipinski definition) is 9. The number of nitrogen functional groups attached to an aromatic ring is 1. The molecular weight excluding hydrogens is 517 g/mol. The van der Waals surface area contributed by atoms with Gasteiger partial charge in [0, 0.05) is 13.2 Å². The summed E-state index contributed by atoms with van der Waals surface area (Å²) >= 11 is 0. The molecule has 10 nitrogen and oxygen atoms in total. The molecule has 2 aromatic rings. The van der Waals surface area contributed by atoms with E-state index < -0.39 is 20.0 Å². The Hall–Kier alpha value is -1.58. The lowest BCUT2D eigenvalue weighted by atomic mass is 10.0. The van der Waals surface area contributed by atoms with Crippen LogP contribution in [0.25, 0.3) is 11.2 Å². The molecule has 2 atom stereocenters. The Morgan fingerprint density at radius 1 is 0.872 bits per heavy atom. The van der Waals surface area contributed by atoms with Crippen LogP contribution < -0.4 is 10.6 Å². The molecule has 0 spiro atoms. The van der Waals surface area contributed by atoms with Crippen molar-refractivity contribution in [2.24, 2.45) is 0 Å². The molecule has 0 amide bonds.